The Bertz CT molecular complexity index is 827. The number of hydrogen-bond acceptors (Lipinski definition) is 5. The molecule has 0 radical (unpaired) electrons. The molecule has 3 N–H and O–H groups in total. The maximum atomic E-state index is 12.2. The number of aliphatic hydroxyl groups is 1. The molecule has 1 aliphatic heterocycles. The summed E-state index contributed by atoms with van der Waals surface area (Å²) in [7, 11) is 0. The number of benzene rings is 1. The van der Waals surface area contributed by atoms with Crippen LogP contribution in [-0.4, -0.2) is 33.6 Å². The lowest BCUT2D eigenvalue weighted by atomic mass is 10.1. The number of fused-ring (bicyclic) bond motifs is 1. The van der Waals surface area contributed by atoms with Crippen molar-refractivity contribution < 1.29 is 5.11 Å². The number of aromatic amines is 1. The predicted molar refractivity (Wildman–Crippen MR) is 100 cm³/mol. The van der Waals surface area contributed by atoms with Gasteiger partial charge >= 0.3 is 5.69 Å². The van der Waals surface area contributed by atoms with E-state index < -0.39 is 0 Å². The lowest BCUT2D eigenvalue weighted by molar-refractivity contribution is 0.292. The van der Waals surface area contributed by atoms with Crippen LogP contribution in [0.4, 0.5) is 0 Å². The standard InChI is InChI=1S/C18H23N3O3S/c22-9-7-19-11-14-3-1-13(2-4-14)5-8-21-16-6-10-25-12-15(16)17(23)20-18(21)24/h1-4,19,22H,5-12H2,(H,20,23,24). The summed E-state index contributed by atoms with van der Waals surface area (Å²) in [4.78, 5) is 26.6. The Morgan fingerprint density at radius 2 is 1.96 bits per heavy atom. The second kappa shape index (κ2) is 8.51. The molecule has 0 saturated heterocycles. The van der Waals surface area contributed by atoms with E-state index in [4.69, 9.17) is 5.11 Å². The molecule has 2 heterocycles. The number of nitrogens with one attached hydrogen (secondary N) is 2. The number of aromatic nitrogens is 2. The van der Waals surface area contributed by atoms with E-state index in [9.17, 15) is 9.59 Å². The average Bonchev–Trinajstić information content (AvgIpc) is 2.63. The highest BCUT2D eigenvalue weighted by atomic mass is 32.2. The Balaban J connectivity index is 1.70. The summed E-state index contributed by atoms with van der Waals surface area (Å²) in [5.74, 6) is 1.63. The molecule has 0 atom stereocenters. The molecule has 25 heavy (non-hydrogen) atoms. The fourth-order valence-corrected chi connectivity index (χ4v) is 4.03. The zero-order valence-electron chi connectivity index (χ0n) is 14.1. The van der Waals surface area contributed by atoms with Crippen molar-refractivity contribution in [1.82, 2.24) is 14.9 Å². The van der Waals surface area contributed by atoms with Crippen LogP contribution >= 0.6 is 11.8 Å². The second-order valence-corrected chi connectivity index (χ2v) is 7.21. The third-order valence-corrected chi connectivity index (χ3v) is 5.39. The van der Waals surface area contributed by atoms with Crippen molar-refractivity contribution in [2.45, 2.75) is 31.7 Å². The smallest absolute Gasteiger partial charge is 0.328 e. The Morgan fingerprint density at radius 3 is 2.72 bits per heavy atom. The SMILES string of the molecule is O=c1[nH]c(=O)n(CCc2ccc(CNCCO)cc2)c2c1CSCC2. The van der Waals surface area contributed by atoms with Crippen molar-refractivity contribution in [3.63, 3.8) is 0 Å². The molecule has 1 aromatic carbocycles. The first-order chi connectivity index (χ1) is 12.2. The van der Waals surface area contributed by atoms with Gasteiger partial charge in [-0.05, 0) is 29.7 Å². The molecule has 1 aliphatic rings. The van der Waals surface area contributed by atoms with E-state index in [2.05, 4.69) is 34.6 Å². The van der Waals surface area contributed by atoms with Gasteiger partial charge in [-0.1, -0.05) is 24.3 Å². The molecule has 0 amide bonds. The number of hydrogen-bond donors (Lipinski definition) is 3. The second-order valence-electron chi connectivity index (χ2n) is 6.11. The van der Waals surface area contributed by atoms with E-state index in [1.807, 2.05) is 0 Å². The molecular formula is C18H23N3O3S. The minimum Gasteiger partial charge on any atom is -0.395 e. The highest BCUT2D eigenvalue weighted by Crippen LogP contribution is 2.20. The first-order valence-corrected chi connectivity index (χ1v) is 9.66. The average molecular weight is 361 g/mol. The van der Waals surface area contributed by atoms with Gasteiger partial charge in [-0.2, -0.15) is 11.8 Å². The lowest BCUT2D eigenvalue weighted by Crippen LogP contribution is -2.37. The van der Waals surface area contributed by atoms with Gasteiger partial charge in [-0.3, -0.25) is 14.3 Å². The zero-order valence-corrected chi connectivity index (χ0v) is 14.9. The minimum atomic E-state index is -0.305. The van der Waals surface area contributed by atoms with Crippen molar-refractivity contribution >= 4 is 11.8 Å². The topological polar surface area (TPSA) is 87.1 Å². The summed E-state index contributed by atoms with van der Waals surface area (Å²) in [6.45, 7) is 2.02. The highest BCUT2D eigenvalue weighted by molar-refractivity contribution is 7.98. The molecule has 0 fully saturated rings. The first-order valence-electron chi connectivity index (χ1n) is 8.51. The van der Waals surface area contributed by atoms with E-state index in [-0.39, 0.29) is 17.9 Å². The van der Waals surface area contributed by atoms with Gasteiger partial charge in [0.1, 0.15) is 0 Å². The molecule has 7 heteroatoms. The van der Waals surface area contributed by atoms with E-state index in [1.54, 1.807) is 16.3 Å². The molecule has 0 bridgehead atoms. The van der Waals surface area contributed by atoms with Gasteiger partial charge in [0.05, 0.1) is 6.61 Å². The van der Waals surface area contributed by atoms with Crippen molar-refractivity contribution in [2.75, 3.05) is 18.9 Å². The number of nitrogens with zero attached hydrogens (tertiary/aromatic N) is 1. The van der Waals surface area contributed by atoms with Gasteiger partial charge < -0.3 is 10.4 Å². The number of rotatable bonds is 7. The summed E-state index contributed by atoms with van der Waals surface area (Å²) >= 11 is 1.73. The fourth-order valence-electron chi connectivity index (χ4n) is 3.05. The summed E-state index contributed by atoms with van der Waals surface area (Å²) in [5, 5.41) is 11.9. The molecule has 0 aliphatic carbocycles. The van der Waals surface area contributed by atoms with E-state index in [0.717, 1.165) is 47.5 Å². The van der Waals surface area contributed by atoms with Gasteiger partial charge in [-0.25, -0.2) is 4.79 Å². The predicted octanol–water partition coefficient (Wildman–Crippen LogP) is 0.651. The first kappa shape index (κ1) is 18.0. The van der Waals surface area contributed by atoms with Crippen LogP contribution in [0.15, 0.2) is 33.9 Å². The van der Waals surface area contributed by atoms with Gasteiger partial charge in [0, 0.05) is 36.6 Å². The number of aryl methyl sites for hydroxylation is 1. The van der Waals surface area contributed by atoms with Crippen LogP contribution in [0.3, 0.4) is 0 Å². The number of aliphatic hydroxyl groups excluding tert-OH is 1. The highest BCUT2D eigenvalue weighted by Gasteiger charge is 2.18. The maximum Gasteiger partial charge on any atom is 0.328 e. The van der Waals surface area contributed by atoms with Crippen LogP contribution in [-0.2, 0) is 31.7 Å². The van der Waals surface area contributed by atoms with Crippen molar-refractivity contribution in [1.29, 1.82) is 0 Å². The van der Waals surface area contributed by atoms with E-state index >= 15 is 0 Å². The third-order valence-electron chi connectivity index (χ3n) is 4.41. The van der Waals surface area contributed by atoms with E-state index in [1.165, 1.54) is 0 Å². The Hall–Kier alpha value is -1.83. The fraction of sp³-hybridized carbons (Fsp3) is 0.444. The normalized spacial score (nSPS) is 13.6. The molecule has 6 nitrogen and oxygen atoms in total. The molecule has 0 unspecified atom stereocenters. The van der Waals surface area contributed by atoms with Crippen LogP contribution in [0.2, 0.25) is 0 Å². The van der Waals surface area contributed by atoms with Gasteiger partial charge in [0.25, 0.3) is 5.56 Å². The Morgan fingerprint density at radius 1 is 1.20 bits per heavy atom. The van der Waals surface area contributed by atoms with Gasteiger partial charge in [-0.15, -0.1) is 0 Å². The van der Waals surface area contributed by atoms with Gasteiger partial charge in [0.2, 0.25) is 0 Å². The monoisotopic (exact) mass is 361 g/mol. The van der Waals surface area contributed by atoms with Gasteiger partial charge in [0.15, 0.2) is 0 Å². The van der Waals surface area contributed by atoms with Crippen LogP contribution in [0, 0.1) is 0 Å². The molecule has 1 aromatic heterocycles. The van der Waals surface area contributed by atoms with Crippen LogP contribution in [0.1, 0.15) is 22.4 Å². The molecule has 3 rings (SSSR count). The van der Waals surface area contributed by atoms with Crippen molar-refractivity contribution in [2.24, 2.45) is 0 Å². The maximum absolute atomic E-state index is 12.2. The van der Waals surface area contributed by atoms with Crippen molar-refractivity contribution in [3.8, 4) is 0 Å². The third kappa shape index (κ3) is 4.42. The van der Waals surface area contributed by atoms with Crippen molar-refractivity contribution in [3.05, 3.63) is 67.5 Å². The van der Waals surface area contributed by atoms with Crippen LogP contribution in [0.25, 0.3) is 0 Å². The largest absolute Gasteiger partial charge is 0.395 e. The lowest BCUT2D eigenvalue weighted by Gasteiger charge is -2.19. The summed E-state index contributed by atoms with van der Waals surface area (Å²) < 4.78 is 1.73. The molecule has 0 spiro atoms. The molecular weight excluding hydrogens is 338 g/mol. The number of H-pyrrole nitrogens is 1. The van der Waals surface area contributed by atoms with E-state index in [0.29, 0.717) is 18.8 Å². The molecule has 134 valence electrons. The number of thioether (sulfide) groups is 1. The Kier molecular flexibility index (Phi) is 6.12. The van der Waals surface area contributed by atoms with Crippen LogP contribution in [0.5, 0.6) is 0 Å². The molecule has 0 saturated carbocycles. The summed E-state index contributed by atoms with van der Waals surface area (Å²) in [6, 6.07) is 8.24. The summed E-state index contributed by atoms with van der Waals surface area (Å²) in [6.07, 6.45) is 1.52. The summed E-state index contributed by atoms with van der Waals surface area (Å²) in [5.41, 5.74) is 3.43. The Labute approximate surface area is 150 Å². The zero-order chi connectivity index (χ0) is 17.6. The van der Waals surface area contributed by atoms with Crippen LogP contribution < -0.4 is 16.6 Å². The molecule has 2 aromatic rings. The quantitative estimate of drug-likeness (QED) is 0.631. The minimum absolute atomic E-state index is 0.134.